The molecular formula is C38H33Cl2N3O2S2. The van der Waals surface area contributed by atoms with Gasteiger partial charge in [-0.15, -0.1) is 0 Å². The summed E-state index contributed by atoms with van der Waals surface area (Å²) in [5.41, 5.74) is 3.72. The molecule has 0 bridgehead atoms. The maximum absolute atomic E-state index is 14.2. The second-order valence-corrected chi connectivity index (χ2v) is 14.6. The molecule has 2 aliphatic rings. The second-order valence-electron chi connectivity index (χ2n) is 13.1. The van der Waals surface area contributed by atoms with Crippen LogP contribution in [-0.2, 0) is 0 Å². The highest BCUT2D eigenvalue weighted by atomic mass is 35.5. The van der Waals surface area contributed by atoms with E-state index >= 15 is 0 Å². The molecule has 0 spiro atoms. The van der Waals surface area contributed by atoms with E-state index in [2.05, 4.69) is 18.7 Å². The molecule has 0 unspecified atom stereocenters. The van der Waals surface area contributed by atoms with Crippen molar-refractivity contribution < 1.29 is 9.59 Å². The number of hydrogen-bond donors (Lipinski definition) is 0. The number of benzene rings is 5. The molecule has 2 atom stereocenters. The molecule has 0 aromatic heterocycles. The lowest BCUT2D eigenvalue weighted by Crippen LogP contribution is -2.45. The van der Waals surface area contributed by atoms with Crippen LogP contribution in [0.3, 0.4) is 0 Å². The standard InChI is InChI=1S/C38H33Cl2N3O2S2/c1-7-9-11-18(4)42-35(44)20-15-25(40)31-32-26(41-6)16-23-29-21(36(45)43(38(23)47)19(5)12-10-8-2)14-24(39)30(34(29)32)27-17(3)13-22(37(42)46)28(20)33(27)31/h13-16,18-19H,7-12H2,1-5H3/t18-,19-/m0/s1. The van der Waals surface area contributed by atoms with Crippen LogP contribution in [0.25, 0.3) is 47.9 Å². The van der Waals surface area contributed by atoms with Crippen LogP contribution in [0.2, 0.25) is 10.0 Å². The summed E-state index contributed by atoms with van der Waals surface area (Å²) in [5, 5.41) is 6.46. The summed E-state index contributed by atoms with van der Waals surface area (Å²) >= 11 is 26.5. The molecule has 5 nitrogen and oxygen atoms in total. The fourth-order valence-corrected chi connectivity index (χ4v) is 9.36. The Bertz CT molecular complexity index is 2290. The van der Waals surface area contributed by atoms with Crippen molar-refractivity contribution in [3.63, 3.8) is 0 Å². The predicted molar refractivity (Wildman–Crippen MR) is 202 cm³/mol. The topological polar surface area (TPSA) is 45.0 Å². The van der Waals surface area contributed by atoms with E-state index in [0.717, 1.165) is 71.2 Å². The van der Waals surface area contributed by atoms with Crippen LogP contribution < -0.4 is 0 Å². The first-order chi connectivity index (χ1) is 22.5. The van der Waals surface area contributed by atoms with E-state index < -0.39 is 0 Å². The van der Waals surface area contributed by atoms with Crippen molar-refractivity contribution >= 4 is 118 Å². The van der Waals surface area contributed by atoms with Crippen LogP contribution in [0, 0.1) is 13.5 Å². The Morgan fingerprint density at radius 3 is 1.60 bits per heavy atom. The minimum atomic E-state index is -0.187. The number of amides is 2. The van der Waals surface area contributed by atoms with Gasteiger partial charge >= 0.3 is 0 Å². The van der Waals surface area contributed by atoms with Gasteiger partial charge in [-0.2, -0.15) is 0 Å². The average Bonchev–Trinajstić information content (AvgIpc) is 3.04. The second kappa shape index (κ2) is 11.6. The van der Waals surface area contributed by atoms with Crippen molar-refractivity contribution in [2.24, 2.45) is 0 Å². The van der Waals surface area contributed by atoms with Crippen LogP contribution in [0.4, 0.5) is 5.69 Å². The zero-order valence-corrected chi connectivity index (χ0v) is 30.1. The molecule has 0 saturated heterocycles. The number of thiocarbonyl (C=S) groups is 2. The summed E-state index contributed by atoms with van der Waals surface area (Å²) in [6.45, 7) is 18.7. The number of aryl methyl sites for hydroxylation is 1. The fraction of sp³-hybridized carbons (Fsp3) is 0.342. The van der Waals surface area contributed by atoms with Crippen molar-refractivity contribution in [2.75, 3.05) is 0 Å². The molecule has 5 aromatic rings. The van der Waals surface area contributed by atoms with E-state index in [1.165, 1.54) is 0 Å². The maximum atomic E-state index is 14.2. The van der Waals surface area contributed by atoms with Gasteiger partial charge in [-0.05, 0) is 90.4 Å². The molecular weight excluding hydrogens is 665 g/mol. The Hall–Kier alpha value is -3.41. The smallest absolute Gasteiger partial charge is 0.259 e. The molecule has 2 amide bonds. The summed E-state index contributed by atoms with van der Waals surface area (Å²) < 4.78 is 0. The van der Waals surface area contributed by atoms with Crippen LogP contribution in [0.15, 0.2) is 24.3 Å². The lowest BCUT2D eigenvalue weighted by Gasteiger charge is -2.36. The SMILES string of the molecule is [C-]#[N+]c1cc2c3c(cc(Cl)c4c5c(C)cc6c7c(cc(Cl)c(c1c34)c75)C(=O)N([C@@H](C)CCCC)C6=S)C(=O)N([C@@H](C)CCCC)C2=S. The third kappa shape index (κ3) is 4.38. The van der Waals surface area contributed by atoms with Crippen LogP contribution in [0.5, 0.6) is 0 Å². The van der Waals surface area contributed by atoms with Crippen LogP contribution in [0.1, 0.15) is 104 Å². The highest BCUT2D eigenvalue weighted by Crippen LogP contribution is 2.54. The monoisotopic (exact) mass is 697 g/mol. The van der Waals surface area contributed by atoms with Crippen LogP contribution in [-0.4, -0.2) is 43.7 Å². The third-order valence-corrected chi connectivity index (χ3v) is 11.6. The summed E-state index contributed by atoms with van der Waals surface area (Å²) in [5.74, 6) is -0.358. The molecule has 47 heavy (non-hydrogen) atoms. The van der Waals surface area contributed by atoms with E-state index in [1.54, 1.807) is 28.0 Å². The number of nitrogens with zero attached hydrogens (tertiary/aromatic N) is 3. The Labute approximate surface area is 294 Å². The first-order valence-electron chi connectivity index (χ1n) is 16.2. The van der Waals surface area contributed by atoms with Crippen molar-refractivity contribution in [2.45, 2.75) is 85.2 Å². The molecule has 7 rings (SSSR count). The number of carbonyl (C=O) groups excluding carboxylic acids is 2. The van der Waals surface area contributed by atoms with Gasteiger partial charge in [0.2, 0.25) is 0 Å². The Morgan fingerprint density at radius 1 is 0.681 bits per heavy atom. The lowest BCUT2D eigenvalue weighted by atomic mass is 9.80. The molecule has 0 aliphatic carbocycles. The highest BCUT2D eigenvalue weighted by molar-refractivity contribution is 7.81. The van der Waals surface area contributed by atoms with E-state index in [1.807, 2.05) is 26.8 Å². The van der Waals surface area contributed by atoms with Crippen molar-refractivity contribution in [1.29, 1.82) is 0 Å². The molecule has 9 heteroatoms. The number of halogens is 2. The fourth-order valence-electron chi connectivity index (χ4n) is 7.92. The molecule has 2 aliphatic heterocycles. The largest absolute Gasteiger partial charge is 0.296 e. The lowest BCUT2D eigenvalue weighted by molar-refractivity contribution is 0.0799. The quantitative estimate of drug-likeness (QED) is 0.0700. The number of carbonyl (C=O) groups is 2. The first kappa shape index (κ1) is 32.2. The van der Waals surface area contributed by atoms with Gasteiger partial charge in [0.25, 0.3) is 11.8 Å². The minimum Gasteiger partial charge on any atom is -0.296 e. The molecule has 0 saturated carbocycles. The summed E-state index contributed by atoms with van der Waals surface area (Å²) in [6.07, 6.45) is 5.62. The molecule has 2 heterocycles. The van der Waals surface area contributed by atoms with E-state index in [9.17, 15) is 9.59 Å². The van der Waals surface area contributed by atoms with E-state index in [0.29, 0.717) is 63.9 Å². The normalized spacial score (nSPS) is 16.0. The molecule has 0 fully saturated rings. The Morgan fingerprint density at radius 2 is 1.13 bits per heavy atom. The highest BCUT2D eigenvalue weighted by Gasteiger charge is 2.39. The van der Waals surface area contributed by atoms with Gasteiger partial charge in [-0.25, -0.2) is 4.85 Å². The van der Waals surface area contributed by atoms with Gasteiger partial charge in [-0.1, -0.05) is 87.2 Å². The summed E-state index contributed by atoms with van der Waals surface area (Å²) in [4.78, 5) is 36.8. The minimum absolute atomic E-state index is 0.0739. The third-order valence-electron chi connectivity index (χ3n) is 10.1. The summed E-state index contributed by atoms with van der Waals surface area (Å²) in [6, 6.07) is 7.15. The van der Waals surface area contributed by atoms with E-state index in [-0.39, 0.29) is 23.9 Å². The van der Waals surface area contributed by atoms with Crippen molar-refractivity contribution in [3.8, 4) is 0 Å². The number of hydrogen-bond acceptors (Lipinski definition) is 4. The molecule has 238 valence electrons. The Kier molecular flexibility index (Phi) is 7.96. The maximum Gasteiger partial charge on any atom is 0.259 e. The average molecular weight is 699 g/mol. The van der Waals surface area contributed by atoms with Gasteiger partial charge in [0.05, 0.1) is 12.1 Å². The van der Waals surface area contributed by atoms with E-state index in [4.69, 9.17) is 54.2 Å². The number of fused-ring (bicyclic) bond motifs is 2. The van der Waals surface area contributed by atoms with Crippen LogP contribution >= 0.6 is 47.6 Å². The van der Waals surface area contributed by atoms with Gasteiger partial charge in [-0.3, -0.25) is 19.4 Å². The summed E-state index contributed by atoms with van der Waals surface area (Å²) in [7, 11) is 0. The number of unbranched alkanes of at least 4 members (excludes halogenated alkanes) is 2. The van der Waals surface area contributed by atoms with Crippen molar-refractivity contribution in [1.82, 2.24) is 9.80 Å². The first-order valence-corrected chi connectivity index (χ1v) is 17.8. The predicted octanol–water partition coefficient (Wildman–Crippen LogP) is 11.3. The zero-order valence-electron chi connectivity index (χ0n) is 26.9. The zero-order chi connectivity index (χ0) is 33.6. The van der Waals surface area contributed by atoms with Gasteiger partial charge < -0.3 is 0 Å². The molecule has 5 aromatic carbocycles. The van der Waals surface area contributed by atoms with Crippen molar-refractivity contribution in [3.05, 3.63) is 73.5 Å². The molecule has 0 radical (unpaired) electrons. The molecule has 0 N–H and O–H groups in total. The van der Waals surface area contributed by atoms with Gasteiger partial charge in [0.15, 0.2) is 5.69 Å². The number of rotatable bonds is 8. The van der Waals surface area contributed by atoms with Gasteiger partial charge in [0.1, 0.15) is 9.98 Å². The Balaban J connectivity index is 1.63. The van der Waals surface area contributed by atoms with Gasteiger partial charge in [0, 0.05) is 55.0 Å².